The minimum Gasteiger partial charge on any atom is -0.399 e. The summed E-state index contributed by atoms with van der Waals surface area (Å²) in [7, 11) is 0. The van der Waals surface area contributed by atoms with E-state index in [1.807, 2.05) is 0 Å². The molecule has 0 aliphatic heterocycles. The zero-order valence-electron chi connectivity index (χ0n) is 6.34. The number of aliphatic hydroxyl groups is 1. The molecule has 0 bridgehead atoms. The van der Waals surface area contributed by atoms with Gasteiger partial charge in [0, 0.05) is 16.3 Å². The normalized spacial score (nSPS) is 8.83. The molecular formula is C9H8ClNO. The van der Waals surface area contributed by atoms with E-state index in [0.717, 1.165) is 0 Å². The van der Waals surface area contributed by atoms with Gasteiger partial charge in [0.05, 0.1) is 0 Å². The van der Waals surface area contributed by atoms with Crippen molar-refractivity contribution in [3.8, 4) is 11.8 Å². The Labute approximate surface area is 76.0 Å². The quantitative estimate of drug-likeness (QED) is 0.468. The van der Waals surface area contributed by atoms with Gasteiger partial charge in [-0.25, -0.2) is 0 Å². The van der Waals surface area contributed by atoms with Crippen molar-refractivity contribution in [2.75, 3.05) is 12.3 Å². The first-order valence-electron chi connectivity index (χ1n) is 3.38. The van der Waals surface area contributed by atoms with Gasteiger partial charge in [-0.15, -0.1) is 0 Å². The van der Waals surface area contributed by atoms with Crippen molar-refractivity contribution >= 4 is 17.3 Å². The molecule has 1 rings (SSSR count). The Kier molecular flexibility index (Phi) is 2.98. The van der Waals surface area contributed by atoms with Crippen molar-refractivity contribution in [3.05, 3.63) is 28.8 Å². The van der Waals surface area contributed by atoms with Crippen LogP contribution < -0.4 is 5.73 Å². The van der Waals surface area contributed by atoms with Crippen molar-refractivity contribution < 1.29 is 5.11 Å². The van der Waals surface area contributed by atoms with E-state index in [9.17, 15) is 0 Å². The number of halogens is 1. The molecule has 0 aliphatic rings. The van der Waals surface area contributed by atoms with Gasteiger partial charge in [-0.1, -0.05) is 23.4 Å². The minimum atomic E-state index is -0.160. The fraction of sp³-hybridized carbons (Fsp3) is 0.111. The Bertz CT molecular complexity index is 318. The molecule has 1 aromatic rings. The second-order valence-electron chi connectivity index (χ2n) is 2.23. The SMILES string of the molecule is Nc1cc(Cl)cc(C#CCO)c1. The number of aliphatic hydroxyl groups excluding tert-OH is 1. The molecule has 0 amide bonds. The Hall–Kier alpha value is -1.17. The fourth-order valence-electron chi connectivity index (χ4n) is 0.826. The summed E-state index contributed by atoms with van der Waals surface area (Å²) < 4.78 is 0. The van der Waals surface area contributed by atoms with E-state index in [1.165, 1.54) is 0 Å². The van der Waals surface area contributed by atoms with Gasteiger partial charge in [0.25, 0.3) is 0 Å². The maximum absolute atomic E-state index is 8.43. The van der Waals surface area contributed by atoms with Crippen LogP contribution in [0.15, 0.2) is 18.2 Å². The van der Waals surface area contributed by atoms with E-state index >= 15 is 0 Å². The summed E-state index contributed by atoms with van der Waals surface area (Å²) in [6, 6.07) is 5.04. The van der Waals surface area contributed by atoms with E-state index in [1.54, 1.807) is 18.2 Å². The molecule has 0 radical (unpaired) electrons. The zero-order chi connectivity index (χ0) is 8.97. The first kappa shape index (κ1) is 8.92. The third-order valence-electron chi connectivity index (χ3n) is 1.23. The van der Waals surface area contributed by atoms with Gasteiger partial charge >= 0.3 is 0 Å². The second-order valence-corrected chi connectivity index (χ2v) is 2.67. The van der Waals surface area contributed by atoms with Crippen LogP contribution in [0.25, 0.3) is 0 Å². The molecule has 12 heavy (non-hydrogen) atoms. The smallest absolute Gasteiger partial charge is 0.104 e. The molecule has 0 aromatic heterocycles. The summed E-state index contributed by atoms with van der Waals surface area (Å²) in [4.78, 5) is 0. The number of nitrogens with two attached hydrogens (primary N) is 1. The van der Waals surface area contributed by atoms with Gasteiger partial charge < -0.3 is 10.8 Å². The van der Waals surface area contributed by atoms with E-state index in [0.29, 0.717) is 16.3 Å². The van der Waals surface area contributed by atoms with Crippen molar-refractivity contribution in [3.63, 3.8) is 0 Å². The van der Waals surface area contributed by atoms with E-state index in [2.05, 4.69) is 11.8 Å². The molecule has 0 spiro atoms. The highest BCUT2D eigenvalue weighted by molar-refractivity contribution is 6.30. The highest BCUT2D eigenvalue weighted by Crippen LogP contribution is 2.15. The van der Waals surface area contributed by atoms with Gasteiger partial charge in [0.1, 0.15) is 6.61 Å². The zero-order valence-corrected chi connectivity index (χ0v) is 7.10. The number of hydrogen-bond acceptors (Lipinski definition) is 2. The Balaban J connectivity index is 3.01. The van der Waals surface area contributed by atoms with Crippen LogP contribution in [0.2, 0.25) is 5.02 Å². The van der Waals surface area contributed by atoms with Crippen LogP contribution in [0.5, 0.6) is 0 Å². The number of benzene rings is 1. The first-order valence-corrected chi connectivity index (χ1v) is 3.76. The molecule has 3 heteroatoms. The first-order chi connectivity index (χ1) is 5.72. The van der Waals surface area contributed by atoms with Gasteiger partial charge in [-0.05, 0) is 18.2 Å². The lowest BCUT2D eigenvalue weighted by Crippen LogP contribution is -1.86. The third kappa shape index (κ3) is 2.46. The maximum Gasteiger partial charge on any atom is 0.104 e. The van der Waals surface area contributed by atoms with Crippen LogP contribution in [0.1, 0.15) is 5.56 Å². The summed E-state index contributed by atoms with van der Waals surface area (Å²) in [5.74, 6) is 5.22. The fourth-order valence-corrected chi connectivity index (χ4v) is 1.07. The minimum absolute atomic E-state index is 0.160. The summed E-state index contributed by atoms with van der Waals surface area (Å²) >= 11 is 5.72. The second kappa shape index (κ2) is 4.01. The van der Waals surface area contributed by atoms with E-state index in [-0.39, 0.29) is 6.61 Å². The number of nitrogen functional groups attached to an aromatic ring is 1. The standard InChI is InChI=1S/C9H8ClNO/c10-8-4-7(2-1-3-12)5-9(11)6-8/h4-6,12H,3,11H2. The monoisotopic (exact) mass is 181 g/mol. The Morgan fingerprint density at radius 3 is 2.75 bits per heavy atom. The molecule has 0 unspecified atom stereocenters. The van der Waals surface area contributed by atoms with Crippen molar-refractivity contribution in [1.82, 2.24) is 0 Å². The highest BCUT2D eigenvalue weighted by atomic mass is 35.5. The molecule has 0 fully saturated rings. The van der Waals surface area contributed by atoms with Crippen molar-refractivity contribution in [2.24, 2.45) is 0 Å². The predicted molar refractivity (Wildman–Crippen MR) is 49.8 cm³/mol. The maximum atomic E-state index is 8.43. The number of hydrogen-bond donors (Lipinski definition) is 2. The van der Waals surface area contributed by atoms with Crippen LogP contribution >= 0.6 is 11.6 Å². The van der Waals surface area contributed by atoms with Gasteiger partial charge in [0.15, 0.2) is 0 Å². The molecule has 0 saturated carbocycles. The molecule has 2 nitrogen and oxygen atoms in total. The molecule has 62 valence electrons. The van der Waals surface area contributed by atoms with Crippen LogP contribution in [0, 0.1) is 11.8 Å². The van der Waals surface area contributed by atoms with Gasteiger partial charge in [0.2, 0.25) is 0 Å². The van der Waals surface area contributed by atoms with E-state index < -0.39 is 0 Å². The Morgan fingerprint density at radius 1 is 1.42 bits per heavy atom. The predicted octanol–water partition coefficient (Wildman–Crippen LogP) is 1.27. The molecule has 0 heterocycles. The van der Waals surface area contributed by atoms with Crippen molar-refractivity contribution in [2.45, 2.75) is 0 Å². The summed E-state index contributed by atoms with van der Waals surface area (Å²) in [5.41, 5.74) is 6.81. The molecule has 3 N–H and O–H groups in total. The molecule has 0 saturated heterocycles. The summed E-state index contributed by atoms with van der Waals surface area (Å²) in [6.45, 7) is -0.160. The third-order valence-corrected chi connectivity index (χ3v) is 1.45. The largest absolute Gasteiger partial charge is 0.399 e. The van der Waals surface area contributed by atoms with Crippen LogP contribution in [-0.2, 0) is 0 Å². The van der Waals surface area contributed by atoms with Crippen LogP contribution in [-0.4, -0.2) is 11.7 Å². The lowest BCUT2D eigenvalue weighted by molar-refractivity contribution is 0.350. The number of anilines is 1. The molecule has 0 aliphatic carbocycles. The molecule has 1 aromatic carbocycles. The average Bonchev–Trinajstić information content (AvgIpc) is 1.99. The summed E-state index contributed by atoms with van der Waals surface area (Å²) in [6.07, 6.45) is 0. The highest BCUT2D eigenvalue weighted by Gasteiger charge is 1.92. The lowest BCUT2D eigenvalue weighted by atomic mass is 10.2. The topological polar surface area (TPSA) is 46.2 Å². The van der Waals surface area contributed by atoms with Gasteiger partial charge in [-0.3, -0.25) is 0 Å². The van der Waals surface area contributed by atoms with Crippen LogP contribution in [0.3, 0.4) is 0 Å². The lowest BCUT2D eigenvalue weighted by Gasteiger charge is -1.95. The van der Waals surface area contributed by atoms with E-state index in [4.69, 9.17) is 22.4 Å². The molecule has 0 atom stereocenters. The average molecular weight is 182 g/mol. The molecular weight excluding hydrogens is 174 g/mol. The Morgan fingerprint density at radius 2 is 2.17 bits per heavy atom. The summed E-state index contributed by atoms with van der Waals surface area (Å²) in [5, 5.41) is 8.98. The van der Waals surface area contributed by atoms with Crippen molar-refractivity contribution in [1.29, 1.82) is 0 Å². The van der Waals surface area contributed by atoms with Gasteiger partial charge in [-0.2, -0.15) is 0 Å². The number of rotatable bonds is 0. The van der Waals surface area contributed by atoms with Crippen LogP contribution in [0.4, 0.5) is 5.69 Å².